The standard InChI is InChI=1S/C32H68N.H2O/c1-5-7-9-11-13-15-17-19-21-23-25-27-29-31-33(3,4)32-30-28-26-24-22-20-18-16-14-12-10-8-6-2;/h5-32H2,1-4H3;1H2/q+1;/p-1. The normalized spacial score (nSPS) is 11.6. The van der Waals surface area contributed by atoms with Crippen molar-refractivity contribution in [1.82, 2.24) is 0 Å². The van der Waals surface area contributed by atoms with Crippen LogP contribution in [0.4, 0.5) is 0 Å². The highest BCUT2D eigenvalue weighted by atomic mass is 16.0. The van der Waals surface area contributed by atoms with Crippen LogP contribution in [0.15, 0.2) is 0 Å². The van der Waals surface area contributed by atoms with Gasteiger partial charge in [0.1, 0.15) is 0 Å². The molecule has 2 nitrogen and oxygen atoms in total. The first-order valence-corrected chi connectivity index (χ1v) is 15.9. The summed E-state index contributed by atoms with van der Waals surface area (Å²) in [6.45, 7) is 7.38. The molecule has 0 aliphatic heterocycles. The summed E-state index contributed by atoms with van der Waals surface area (Å²) in [5, 5.41) is 0. The molecule has 0 aliphatic carbocycles. The van der Waals surface area contributed by atoms with Gasteiger partial charge in [-0.1, -0.05) is 155 Å². The highest BCUT2D eigenvalue weighted by Gasteiger charge is 2.13. The Bertz CT molecular complexity index is 323. The van der Waals surface area contributed by atoms with Crippen LogP contribution in [0.5, 0.6) is 0 Å². The Balaban J connectivity index is 0. The molecular weight excluding hydrogens is 414 g/mol. The topological polar surface area (TPSA) is 30.0 Å². The Morgan fingerprint density at radius 2 is 0.471 bits per heavy atom. The second-order valence-corrected chi connectivity index (χ2v) is 11.9. The van der Waals surface area contributed by atoms with E-state index in [1.807, 2.05) is 0 Å². The number of nitrogens with zero attached hydrogens (tertiary/aromatic N) is 1. The van der Waals surface area contributed by atoms with E-state index >= 15 is 0 Å². The smallest absolute Gasteiger partial charge is 0.0782 e. The summed E-state index contributed by atoms with van der Waals surface area (Å²) in [5.74, 6) is 0. The number of hydrogen-bond acceptors (Lipinski definition) is 1. The summed E-state index contributed by atoms with van der Waals surface area (Å²) in [4.78, 5) is 0. The molecule has 1 N–H and O–H groups in total. The van der Waals surface area contributed by atoms with Crippen LogP contribution in [0.25, 0.3) is 0 Å². The molecular formula is C32H69NO. The van der Waals surface area contributed by atoms with Crippen LogP contribution in [-0.4, -0.2) is 37.1 Å². The number of unbranched alkanes of at least 4 members (excludes halogenated alkanes) is 24. The van der Waals surface area contributed by atoms with Crippen molar-refractivity contribution < 1.29 is 9.96 Å². The Hall–Kier alpha value is -0.0800. The van der Waals surface area contributed by atoms with E-state index < -0.39 is 0 Å². The zero-order chi connectivity index (χ0) is 24.3. The van der Waals surface area contributed by atoms with Gasteiger partial charge in [-0.15, -0.1) is 0 Å². The van der Waals surface area contributed by atoms with Crippen molar-refractivity contribution in [3.8, 4) is 0 Å². The number of quaternary nitrogens is 1. The maximum Gasteiger partial charge on any atom is 0.0782 e. The van der Waals surface area contributed by atoms with E-state index in [1.54, 1.807) is 0 Å². The molecule has 208 valence electrons. The van der Waals surface area contributed by atoms with Crippen molar-refractivity contribution in [2.24, 2.45) is 0 Å². The lowest BCUT2D eigenvalue weighted by Crippen LogP contribution is -2.41. The highest BCUT2D eigenvalue weighted by Crippen LogP contribution is 2.15. The van der Waals surface area contributed by atoms with Gasteiger partial charge >= 0.3 is 0 Å². The van der Waals surface area contributed by atoms with Gasteiger partial charge in [0.2, 0.25) is 0 Å². The molecule has 0 bridgehead atoms. The Morgan fingerprint density at radius 3 is 0.676 bits per heavy atom. The van der Waals surface area contributed by atoms with E-state index in [1.165, 1.54) is 185 Å². The van der Waals surface area contributed by atoms with Crippen molar-refractivity contribution in [2.45, 2.75) is 181 Å². The maximum atomic E-state index is 2.46. The van der Waals surface area contributed by atoms with Crippen LogP contribution in [0, 0.1) is 0 Å². The van der Waals surface area contributed by atoms with E-state index in [4.69, 9.17) is 0 Å². The number of hydrogen-bond donors (Lipinski definition) is 0. The fourth-order valence-electron chi connectivity index (χ4n) is 5.23. The van der Waals surface area contributed by atoms with Gasteiger partial charge in [0.25, 0.3) is 0 Å². The van der Waals surface area contributed by atoms with Gasteiger partial charge in [-0.3, -0.25) is 0 Å². The minimum Gasteiger partial charge on any atom is -0.870 e. The summed E-state index contributed by atoms with van der Waals surface area (Å²) >= 11 is 0. The van der Waals surface area contributed by atoms with Crippen LogP contribution < -0.4 is 0 Å². The second kappa shape index (κ2) is 29.2. The molecule has 34 heavy (non-hydrogen) atoms. The predicted molar refractivity (Wildman–Crippen MR) is 155 cm³/mol. The Kier molecular flexibility index (Phi) is 30.9. The molecule has 0 saturated carbocycles. The summed E-state index contributed by atoms with van der Waals surface area (Å²) in [7, 11) is 4.92. The molecule has 0 aliphatic rings. The molecule has 0 fully saturated rings. The van der Waals surface area contributed by atoms with E-state index in [0.29, 0.717) is 0 Å². The molecule has 0 rings (SSSR count). The first-order valence-electron chi connectivity index (χ1n) is 15.9. The lowest BCUT2D eigenvalue weighted by molar-refractivity contribution is -0.890. The predicted octanol–water partition coefficient (Wildman–Crippen LogP) is 11.1. The number of rotatable bonds is 28. The van der Waals surface area contributed by atoms with Crippen molar-refractivity contribution in [2.75, 3.05) is 27.2 Å². The molecule has 0 unspecified atom stereocenters. The second-order valence-electron chi connectivity index (χ2n) is 11.9. The van der Waals surface area contributed by atoms with Crippen molar-refractivity contribution in [3.63, 3.8) is 0 Å². The fourth-order valence-corrected chi connectivity index (χ4v) is 5.23. The maximum absolute atomic E-state index is 2.46. The van der Waals surface area contributed by atoms with Crippen LogP contribution in [0.2, 0.25) is 0 Å². The quantitative estimate of drug-likeness (QED) is 0.0803. The lowest BCUT2D eigenvalue weighted by Gasteiger charge is -2.30. The van der Waals surface area contributed by atoms with Crippen molar-refractivity contribution in [3.05, 3.63) is 0 Å². The van der Waals surface area contributed by atoms with E-state index in [9.17, 15) is 0 Å². The van der Waals surface area contributed by atoms with Gasteiger partial charge in [0.05, 0.1) is 27.2 Å². The van der Waals surface area contributed by atoms with Gasteiger partial charge in [-0.2, -0.15) is 0 Å². The van der Waals surface area contributed by atoms with E-state index in [0.717, 1.165) is 0 Å². The van der Waals surface area contributed by atoms with Crippen molar-refractivity contribution >= 4 is 0 Å². The van der Waals surface area contributed by atoms with E-state index in [2.05, 4.69) is 27.9 Å². The summed E-state index contributed by atoms with van der Waals surface area (Å²) in [5.41, 5.74) is 0. The Morgan fingerprint density at radius 1 is 0.294 bits per heavy atom. The summed E-state index contributed by atoms with van der Waals surface area (Å²) < 4.78 is 1.25. The molecule has 0 radical (unpaired) electrons. The van der Waals surface area contributed by atoms with E-state index in [-0.39, 0.29) is 5.48 Å². The monoisotopic (exact) mass is 484 g/mol. The third kappa shape index (κ3) is 30.0. The molecule has 0 atom stereocenters. The summed E-state index contributed by atoms with van der Waals surface area (Å²) in [6, 6.07) is 0. The minimum absolute atomic E-state index is 0. The third-order valence-electron chi connectivity index (χ3n) is 7.73. The van der Waals surface area contributed by atoms with Gasteiger partial charge in [-0.05, 0) is 25.7 Å². The first kappa shape index (κ1) is 36.1. The van der Waals surface area contributed by atoms with Crippen LogP contribution in [0.3, 0.4) is 0 Å². The zero-order valence-corrected chi connectivity index (χ0v) is 24.7. The van der Waals surface area contributed by atoms with Crippen LogP contribution >= 0.6 is 0 Å². The van der Waals surface area contributed by atoms with Crippen LogP contribution in [-0.2, 0) is 0 Å². The molecule has 0 aromatic carbocycles. The molecule has 0 aromatic rings. The molecule has 0 heterocycles. The lowest BCUT2D eigenvalue weighted by atomic mass is 10.0. The van der Waals surface area contributed by atoms with Gasteiger partial charge < -0.3 is 9.96 Å². The first-order chi connectivity index (χ1) is 16.1. The van der Waals surface area contributed by atoms with Gasteiger partial charge in [-0.25, -0.2) is 0 Å². The average molecular weight is 484 g/mol. The average Bonchev–Trinajstić information content (AvgIpc) is 2.80. The van der Waals surface area contributed by atoms with Gasteiger partial charge in [0, 0.05) is 0 Å². The van der Waals surface area contributed by atoms with Crippen LogP contribution in [0.1, 0.15) is 181 Å². The molecule has 2 heteroatoms. The van der Waals surface area contributed by atoms with Gasteiger partial charge in [0.15, 0.2) is 0 Å². The molecule has 0 saturated heterocycles. The minimum atomic E-state index is 0. The molecule has 0 aromatic heterocycles. The Labute approximate surface area is 218 Å². The molecule has 0 spiro atoms. The summed E-state index contributed by atoms with van der Waals surface area (Å²) in [6.07, 6.45) is 38.0. The third-order valence-corrected chi connectivity index (χ3v) is 7.73. The zero-order valence-electron chi connectivity index (χ0n) is 24.7. The molecule has 0 amide bonds. The van der Waals surface area contributed by atoms with Crippen molar-refractivity contribution in [1.29, 1.82) is 0 Å². The highest BCUT2D eigenvalue weighted by molar-refractivity contribution is 4.51. The SMILES string of the molecule is CCCCCCCCCCCCCCC[N+](C)(C)CCCCCCCCCCCCCCC.[OH-]. The fraction of sp³-hybridized carbons (Fsp3) is 1.00. The largest absolute Gasteiger partial charge is 0.870 e.